The molecule has 0 spiro atoms. The van der Waals surface area contributed by atoms with Crippen LogP contribution in [0.4, 0.5) is 0 Å². The maximum Gasteiger partial charge on any atom is 0.474 e. The standard InChI is InChI=1S/C6H11O5P/c1-8-2-6-3-9-12(7,10-4-6)11-5-6/h2-5H2,1H3. The average molecular weight is 194 g/mol. The summed E-state index contributed by atoms with van der Waals surface area (Å²) in [4.78, 5) is 0. The van der Waals surface area contributed by atoms with Crippen LogP contribution < -0.4 is 0 Å². The van der Waals surface area contributed by atoms with Crippen LogP contribution in [0.15, 0.2) is 0 Å². The van der Waals surface area contributed by atoms with Crippen LogP contribution in [0, 0.1) is 5.41 Å². The summed E-state index contributed by atoms with van der Waals surface area (Å²) >= 11 is 0. The van der Waals surface area contributed by atoms with E-state index < -0.39 is 7.82 Å². The molecule has 3 aliphatic rings. The van der Waals surface area contributed by atoms with Crippen LogP contribution >= 0.6 is 7.82 Å². The van der Waals surface area contributed by atoms with E-state index in [4.69, 9.17) is 18.3 Å². The zero-order chi connectivity index (χ0) is 8.66. The molecule has 12 heavy (non-hydrogen) atoms. The molecule has 0 saturated carbocycles. The highest BCUT2D eigenvalue weighted by Gasteiger charge is 2.50. The molecule has 5 nitrogen and oxygen atoms in total. The van der Waals surface area contributed by atoms with E-state index in [0.29, 0.717) is 26.4 Å². The van der Waals surface area contributed by atoms with Crippen LogP contribution in [-0.4, -0.2) is 33.5 Å². The van der Waals surface area contributed by atoms with Crippen LogP contribution in [0.3, 0.4) is 0 Å². The molecule has 6 heteroatoms. The van der Waals surface area contributed by atoms with Gasteiger partial charge in [-0.2, -0.15) is 0 Å². The first kappa shape index (κ1) is 8.66. The zero-order valence-corrected chi connectivity index (χ0v) is 7.71. The molecule has 70 valence electrons. The first-order valence-corrected chi connectivity index (χ1v) is 5.17. The van der Waals surface area contributed by atoms with Crippen LogP contribution in [0.1, 0.15) is 0 Å². The molecule has 0 aromatic carbocycles. The van der Waals surface area contributed by atoms with Crippen LogP contribution in [-0.2, 0) is 22.9 Å². The van der Waals surface area contributed by atoms with Crippen molar-refractivity contribution in [3.63, 3.8) is 0 Å². The highest BCUT2D eigenvalue weighted by Crippen LogP contribution is 2.59. The van der Waals surface area contributed by atoms with Crippen molar-refractivity contribution in [1.29, 1.82) is 0 Å². The number of phosphoric ester groups is 1. The number of fused-ring (bicyclic) bond motifs is 3. The van der Waals surface area contributed by atoms with E-state index in [-0.39, 0.29) is 5.41 Å². The average Bonchev–Trinajstić information content (AvgIpc) is 2.08. The lowest BCUT2D eigenvalue weighted by atomic mass is 9.93. The predicted octanol–water partition coefficient (Wildman–Crippen LogP) is 0.804. The third kappa shape index (κ3) is 1.32. The van der Waals surface area contributed by atoms with Gasteiger partial charge in [-0.15, -0.1) is 0 Å². The van der Waals surface area contributed by atoms with E-state index in [1.807, 2.05) is 0 Å². The van der Waals surface area contributed by atoms with Crippen molar-refractivity contribution < 1.29 is 22.9 Å². The number of hydrogen-bond acceptors (Lipinski definition) is 5. The van der Waals surface area contributed by atoms with Crippen molar-refractivity contribution in [3.8, 4) is 0 Å². The predicted molar refractivity (Wildman–Crippen MR) is 39.8 cm³/mol. The quantitative estimate of drug-likeness (QED) is 0.608. The Morgan fingerprint density at radius 3 is 2.25 bits per heavy atom. The number of ether oxygens (including phenoxy) is 1. The minimum atomic E-state index is -3.15. The Kier molecular flexibility index (Phi) is 2.01. The fraction of sp³-hybridized carbons (Fsp3) is 1.00. The molecular formula is C6H11O5P. The minimum Gasteiger partial charge on any atom is -0.384 e. The molecule has 0 radical (unpaired) electrons. The molecule has 0 N–H and O–H groups in total. The first-order chi connectivity index (χ1) is 5.68. The van der Waals surface area contributed by atoms with E-state index in [1.54, 1.807) is 7.11 Å². The number of rotatable bonds is 2. The summed E-state index contributed by atoms with van der Waals surface area (Å²) in [7, 11) is -1.54. The Labute approximate surface area is 70.6 Å². The lowest BCUT2D eigenvalue weighted by Crippen LogP contribution is -2.47. The minimum absolute atomic E-state index is 0.249. The second kappa shape index (κ2) is 2.79. The molecular weight excluding hydrogens is 183 g/mol. The van der Waals surface area contributed by atoms with Gasteiger partial charge in [0.1, 0.15) is 0 Å². The smallest absolute Gasteiger partial charge is 0.384 e. The number of methoxy groups -OCH3 is 1. The van der Waals surface area contributed by atoms with E-state index >= 15 is 0 Å². The first-order valence-electron chi connectivity index (χ1n) is 3.71. The van der Waals surface area contributed by atoms with Gasteiger partial charge in [0.2, 0.25) is 0 Å². The third-order valence-corrected chi connectivity index (χ3v) is 3.37. The Morgan fingerprint density at radius 2 is 1.83 bits per heavy atom. The molecule has 3 rings (SSSR count). The molecule has 0 amide bonds. The van der Waals surface area contributed by atoms with Gasteiger partial charge in [0.25, 0.3) is 0 Å². The molecule has 3 aliphatic heterocycles. The van der Waals surface area contributed by atoms with Gasteiger partial charge in [-0.3, -0.25) is 13.6 Å². The van der Waals surface area contributed by atoms with Crippen molar-refractivity contribution in [2.45, 2.75) is 0 Å². The van der Waals surface area contributed by atoms with Crippen molar-refractivity contribution in [3.05, 3.63) is 0 Å². The largest absolute Gasteiger partial charge is 0.474 e. The summed E-state index contributed by atoms with van der Waals surface area (Å²) in [6.45, 7) is 1.71. The summed E-state index contributed by atoms with van der Waals surface area (Å²) < 4.78 is 31.1. The lowest BCUT2D eigenvalue weighted by molar-refractivity contribution is -0.120. The molecule has 0 unspecified atom stereocenters. The SMILES string of the molecule is COCC12COP(=O)(OC1)OC2. The summed E-state index contributed by atoms with van der Waals surface area (Å²) in [6, 6.07) is 0. The van der Waals surface area contributed by atoms with Crippen LogP contribution in [0.2, 0.25) is 0 Å². The summed E-state index contributed by atoms with van der Waals surface area (Å²) in [5.41, 5.74) is -0.249. The van der Waals surface area contributed by atoms with Gasteiger partial charge < -0.3 is 4.74 Å². The van der Waals surface area contributed by atoms with Gasteiger partial charge in [0, 0.05) is 7.11 Å². The maximum absolute atomic E-state index is 11.3. The van der Waals surface area contributed by atoms with E-state index in [9.17, 15) is 4.57 Å². The summed E-state index contributed by atoms with van der Waals surface area (Å²) in [5.74, 6) is 0. The lowest BCUT2D eigenvalue weighted by Gasteiger charge is -2.43. The fourth-order valence-corrected chi connectivity index (χ4v) is 2.84. The fourth-order valence-electron chi connectivity index (χ4n) is 1.32. The maximum atomic E-state index is 11.3. The van der Waals surface area contributed by atoms with Gasteiger partial charge in [-0.25, -0.2) is 4.57 Å². The third-order valence-electron chi connectivity index (χ3n) is 2.04. The normalized spacial score (nSPS) is 46.4. The van der Waals surface area contributed by atoms with Crippen molar-refractivity contribution in [2.75, 3.05) is 33.5 Å². The van der Waals surface area contributed by atoms with Gasteiger partial charge in [-0.1, -0.05) is 0 Å². The van der Waals surface area contributed by atoms with Crippen molar-refractivity contribution >= 4 is 7.82 Å². The summed E-state index contributed by atoms with van der Waals surface area (Å²) in [5, 5.41) is 0. The molecule has 2 bridgehead atoms. The van der Waals surface area contributed by atoms with Gasteiger partial charge >= 0.3 is 7.82 Å². The second-order valence-electron chi connectivity index (χ2n) is 3.20. The second-order valence-corrected chi connectivity index (χ2v) is 4.87. The van der Waals surface area contributed by atoms with Crippen LogP contribution in [0.25, 0.3) is 0 Å². The molecule has 0 atom stereocenters. The molecule has 0 aliphatic carbocycles. The summed E-state index contributed by atoms with van der Waals surface area (Å²) in [6.07, 6.45) is 0. The highest BCUT2D eigenvalue weighted by molar-refractivity contribution is 7.48. The van der Waals surface area contributed by atoms with E-state index in [1.165, 1.54) is 0 Å². The Balaban J connectivity index is 2.09. The Hall–Kier alpha value is 0.0700. The highest BCUT2D eigenvalue weighted by atomic mass is 31.2. The topological polar surface area (TPSA) is 54.0 Å². The van der Waals surface area contributed by atoms with Gasteiger partial charge in [-0.05, 0) is 0 Å². The Bertz CT molecular complexity index is 197. The monoisotopic (exact) mass is 194 g/mol. The van der Waals surface area contributed by atoms with Gasteiger partial charge in [0.05, 0.1) is 31.8 Å². The van der Waals surface area contributed by atoms with E-state index in [0.717, 1.165) is 0 Å². The van der Waals surface area contributed by atoms with Crippen LogP contribution in [0.5, 0.6) is 0 Å². The Morgan fingerprint density at radius 1 is 1.33 bits per heavy atom. The van der Waals surface area contributed by atoms with E-state index in [2.05, 4.69) is 0 Å². The zero-order valence-electron chi connectivity index (χ0n) is 6.82. The molecule has 3 fully saturated rings. The van der Waals surface area contributed by atoms with Gasteiger partial charge in [0.15, 0.2) is 0 Å². The number of phosphoric acid groups is 1. The molecule has 3 heterocycles. The van der Waals surface area contributed by atoms with Crippen molar-refractivity contribution in [2.24, 2.45) is 5.41 Å². The molecule has 0 aromatic heterocycles. The molecule has 0 aromatic rings. The number of hydrogen-bond donors (Lipinski definition) is 0. The van der Waals surface area contributed by atoms with Crippen molar-refractivity contribution in [1.82, 2.24) is 0 Å². The molecule has 3 saturated heterocycles.